The summed E-state index contributed by atoms with van der Waals surface area (Å²) in [6.07, 6.45) is -3.82. The third-order valence-electron chi connectivity index (χ3n) is 1.68. The van der Waals surface area contributed by atoms with Crippen LogP contribution in [0.2, 0.25) is 0 Å². The second-order valence-corrected chi connectivity index (χ2v) is 3.53. The Balaban J connectivity index is 3.12. The molecule has 1 aromatic carbocycles. The molecule has 0 aliphatic rings. The number of hydrogen-bond acceptors (Lipinski definition) is 1. The van der Waals surface area contributed by atoms with Crippen LogP contribution in [-0.4, -0.2) is 6.29 Å². The van der Waals surface area contributed by atoms with Gasteiger partial charge in [0.1, 0.15) is 6.29 Å². The SMILES string of the molecule is O=CCc1cc(C(F)(F)F)ccc1Br. The van der Waals surface area contributed by atoms with E-state index in [0.717, 1.165) is 12.1 Å². The number of alkyl halides is 3. The van der Waals surface area contributed by atoms with Gasteiger partial charge in [-0.05, 0) is 23.8 Å². The molecule has 0 fully saturated rings. The molecule has 0 unspecified atom stereocenters. The molecule has 0 aliphatic carbocycles. The summed E-state index contributed by atoms with van der Waals surface area (Å²) in [4.78, 5) is 10.2. The topological polar surface area (TPSA) is 17.1 Å². The summed E-state index contributed by atoms with van der Waals surface area (Å²) in [6.45, 7) is 0. The average Bonchev–Trinajstić information content (AvgIpc) is 2.07. The number of hydrogen-bond donors (Lipinski definition) is 0. The fourth-order valence-corrected chi connectivity index (χ4v) is 1.41. The van der Waals surface area contributed by atoms with E-state index in [0.29, 0.717) is 16.3 Å². The maximum absolute atomic E-state index is 12.2. The third kappa shape index (κ3) is 2.57. The average molecular weight is 267 g/mol. The molecule has 5 heteroatoms. The van der Waals surface area contributed by atoms with Crippen molar-refractivity contribution in [2.75, 3.05) is 0 Å². The Morgan fingerprint density at radius 3 is 2.50 bits per heavy atom. The smallest absolute Gasteiger partial charge is 0.303 e. The van der Waals surface area contributed by atoms with Crippen LogP contribution in [0.5, 0.6) is 0 Å². The molecular formula is C9H6BrF3O. The minimum atomic E-state index is -4.36. The van der Waals surface area contributed by atoms with E-state index in [9.17, 15) is 18.0 Å². The van der Waals surface area contributed by atoms with Gasteiger partial charge in [0.05, 0.1) is 5.56 Å². The fourth-order valence-electron chi connectivity index (χ4n) is 0.997. The van der Waals surface area contributed by atoms with E-state index < -0.39 is 11.7 Å². The maximum Gasteiger partial charge on any atom is 0.416 e. The molecule has 1 aromatic rings. The van der Waals surface area contributed by atoms with Gasteiger partial charge in [-0.3, -0.25) is 0 Å². The Morgan fingerprint density at radius 1 is 1.36 bits per heavy atom. The lowest BCUT2D eigenvalue weighted by atomic mass is 10.1. The normalized spacial score (nSPS) is 11.4. The van der Waals surface area contributed by atoms with Crippen molar-refractivity contribution < 1.29 is 18.0 Å². The van der Waals surface area contributed by atoms with Crippen LogP contribution in [0.3, 0.4) is 0 Å². The second-order valence-electron chi connectivity index (χ2n) is 2.67. The first kappa shape index (κ1) is 11.2. The third-order valence-corrected chi connectivity index (χ3v) is 2.45. The van der Waals surface area contributed by atoms with Crippen LogP contribution in [0.1, 0.15) is 11.1 Å². The highest BCUT2D eigenvalue weighted by atomic mass is 79.9. The zero-order valence-electron chi connectivity index (χ0n) is 6.94. The number of carbonyl (C=O) groups is 1. The van der Waals surface area contributed by atoms with Crippen LogP contribution in [0.4, 0.5) is 13.2 Å². The summed E-state index contributed by atoms with van der Waals surface area (Å²) in [5, 5.41) is 0. The molecule has 0 atom stereocenters. The Labute approximate surface area is 87.1 Å². The van der Waals surface area contributed by atoms with Gasteiger partial charge in [-0.15, -0.1) is 0 Å². The second kappa shape index (κ2) is 4.13. The zero-order valence-corrected chi connectivity index (χ0v) is 8.52. The van der Waals surface area contributed by atoms with E-state index >= 15 is 0 Å². The molecule has 14 heavy (non-hydrogen) atoms. The van der Waals surface area contributed by atoms with Crippen LogP contribution < -0.4 is 0 Å². The number of benzene rings is 1. The van der Waals surface area contributed by atoms with Crippen molar-refractivity contribution in [1.29, 1.82) is 0 Å². The lowest BCUT2D eigenvalue weighted by Gasteiger charge is -2.08. The molecule has 1 rings (SSSR count). The maximum atomic E-state index is 12.2. The van der Waals surface area contributed by atoms with E-state index in [4.69, 9.17) is 0 Å². The predicted octanol–water partition coefficient (Wildman–Crippen LogP) is 3.21. The molecule has 0 saturated carbocycles. The van der Waals surface area contributed by atoms with E-state index in [-0.39, 0.29) is 6.42 Å². The van der Waals surface area contributed by atoms with Crippen molar-refractivity contribution in [1.82, 2.24) is 0 Å². The number of carbonyl (C=O) groups excluding carboxylic acids is 1. The highest BCUT2D eigenvalue weighted by molar-refractivity contribution is 9.10. The van der Waals surface area contributed by atoms with E-state index in [2.05, 4.69) is 15.9 Å². The molecule has 1 nitrogen and oxygen atoms in total. The van der Waals surface area contributed by atoms with Crippen LogP contribution in [0.15, 0.2) is 22.7 Å². The first-order valence-corrected chi connectivity index (χ1v) is 4.53. The predicted molar refractivity (Wildman–Crippen MR) is 48.9 cm³/mol. The molecule has 0 spiro atoms. The van der Waals surface area contributed by atoms with Gasteiger partial charge in [0, 0.05) is 10.9 Å². The van der Waals surface area contributed by atoms with Gasteiger partial charge >= 0.3 is 6.18 Å². The largest absolute Gasteiger partial charge is 0.416 e. The summed E-state index contributed by atoms with van der Waals surface area (Å²) in [7, 11) is 0. The summed E-state index contributed by atoms with van der Waals surface area (Å²) in [6, 6.07) is 3.23. The highest BCUT2D eigenvalue weighted by Gasteiger charge is 2.30. The van der Waals surface area contributed by atoms with Crippen molar-refractivity contribution in [3.8, 4) is 0 Å². The van der Waals surface area contributed by atoms with Crippen LogP contribution in [0.25, 0.3) is 0 Å². The summed E-state index contributed by atoms with van der Waals surface area (Å²) < 4.78 is 37.2. The molecule has 0 amide bonds. The Hall–Kier alpha value is -0.840. The van der Waals surface area contributed by atoms with Crippen molar-refractivity contribution in [2.24, 2.45) is 0 Å². The molecule has 0 saturated heterocycles. The molecule has 0 heterocycles. The summed E-state index contributed by atoms with van der Waals surface area (Å²) in [5.41, 5.74) is -0.396. The zero-order chi connectivity index (χ0) is 10.8. The Bertz CT molecular complexity index is 346. The molecular weight excluding hydrogens is 261 g/mol. The summed E-state index contributed by atoms with van der Waals surface area (Å²) >= 11 is 3.07. The van der Waals surface area contributed by atoms with E-state index in [1.54, 1.807) is 0 Å². The minimum absolute atomic E-state index is 0.0233. The molecule has 0 aliphatic heterocycles. The number of rotatable bonds is 2. The molecule has 0 aromatic heterocycles. The van der Waals surface area contributed by atoms with Gasteiger partial charge in [0.2, 0.25) is 0 Å². The molecule has 0 N–H and O–H groups in total. The van der Waals surface area contributed by atoms with Crippen molar-refractivity contribution in [3.05, 3.63) is 33.8 Å². The van der Waals surface area contributed by atoms with Gasteiger partial charge < -0.3 is 4.79 Å². The van der Waals surface area contributed by atoms with Crippen molar-refractivity contribution in [2.45, 2.75) is 12.6 Å². The minimum Gasteiger partial charge on any atom is -0.303 e. The lowest BCUT2D eigenvalue weighted by Crippen LogP contribution is -2.05. The lowest BCUT2D eigenvalue weighted by molar-refractivity contribution is -0.137. The monoisotopic (exact) mass is 266 g/mol. The van der Waals surface area contributed by atoms with Crippen molar-refractivity contribution in [3.63, 3.8) is 0 Å². The van der Waals surface area contributed by atoms with Gasteiger partial charge in [-0.1, -0.05) is 15.9 Å². The number of halogens is 4. The van der Waals surface area contributed by atoms with Gasteiger partial charge in [-0.2, -0.15) is 13.2 Å². The molecule has 0 radical (unpaired) electrons. The van der Waals surface area contributed by atoms with Gasteiger partial charge in [-0.25, -0.2) is 0 Å². The van der Waals surface area contributed by atoms with E-state index in [1.165, 1.54) is 6.07 Å². The quantitative estimate of drug-likeness (QED) is 0.752. The fraction of sp³-hybridized carbons (Fsp3) is 0.222. The van der Waals surface area contributed by atoms with E-state index in [1.807, 2.05) is 0 Å². The van der Waals surface area contributed by atoms with Crippen molar-refractivity contribution >= 4 is 22.2 Å². The summed E-state index contributed by atoms with van der Waals surface area (Å²) in [5.74, 6) is 0. The van der Waals surface area contributed by atoms with Gasteiger partial charge in [0.25, 0.3) is 0 Å². The standard InChI is InChI=1S/C9H6BrF3O/c10-8-2-1-7(9(11,12)13)5-6(8)3-4-14/h1-2,4-5H,3H2. The van der Waals surface area contributed by atoms with Crippen LogP contribution in [0, 0.1) is 0 Å². The number of aldehydes is 1. The van der Waals surface area contributed by atoms with Crippen LogP contribution >= 0.6 is 15.9 Å². The first-order valence-electron chi connectivity index (χ1n) is 3.74. The van der Waals surface area contributed by atoms with Gasteiger partial charge in [0.15, 0.2) is 0 Å². The first-order chi connectivity index (χ1) is 6.45. The Morgan fingerprint density at radius 2 is 2.00 bits per heavy atom. The molecule has 76 valence electrons. The Kier molecular flexibility index (Phi) is 3.31. The molecule has 0 bridgehead atoms. The highest BCUT2D eigenvalue weighted by Crippen LogP contribution is 2.31. The van der Waals surface area contributed by atoms with Crippen LogP contribution in [-0.2, 0) is 17.4 Å².